The zero-order valence-electron chi connectivity index (χ0n) is 11.9. The minimum absolute atomic E-state index is 0. The fourth-order valence-corrected chi connectivity index (χ4v) is 1.41. The Balaban J connectivity index is -0.000000109. The van der Waals surface area contributed by atoms with Gasteiger partial charge in [-0.05, 0) is 0 Å². The van der Waals surface area contributed by atoms with Crippen LogP contribution in [0.1, 0.15) is 48.0 Å². The van der Waals surface area contributed by atoms with Gasteiger partial charge in [-0.15, -0.1) is 31.7 Å². The average molecular weight is 330 g/mol. The Morgan fingerprint density at radius 1 is 1.22 bits per heavy atom. The van der Waals surface area contributed by atoms with Gasteiger partial charge in [0.05, 0.1) is 0 Å². The third-order valence-electron chi connectivity index (χ3n) is 2.86. The van der Waals surface area contributed by atoms with Gasteiger partial charge in [0.15, 0.2) is 0 Å². The van der Waals surface area contributed by atoms with Crippen molar-refractivity contribution in [1.29, 1.82) is 0 Å². The second kappa shape index (κ2) is 11.1. The fraction of sp³-hybridized carbons (Fsp3) is 0.615. The second-order valence-corrected chi connectivity index (χ2v) is 4.37. The minimum Gasteiger partial charge on any atom is -0.481 e. The van der Waals surface area contributed by atoms with E-state index in [0.717, 1.165) is 0 Å². The molecule has 1 aliphatic rings. The van der Waals surface area contributed by atoms with Crippen LogP contribution in [0, 0.1) is 11.5 Å². The molecule has 5 heteroatoms. The number of hydrogen-bond donors (Lipinski definition) is 1. The van der Waals surface area contributed by atoms with Crippen LogP contribution in [0.15, 0.2) is 16.7 Å². The van der Waals surface area contributed by atoms with Crippen molar-refractivity contribution in [2.24, 2.45) is 5.41 Å². The molecule has 0 amide bonds. The number of hydrogen-bond acceptors (Lipinski definition) is 1. The van der Waals surface area contributed by atoms with Crippen molar-refractivity contribution in [3.8, 4) is 0 Å². The summed E-state index contributed by atoms with van der Waals surface area (Å²) in [6.45, 7) is 12.5. The van der Waals surface area contributed by atoms with Crippen molar-refractivity contribution in [2.75, 3.05) is 0 Å². The quantitative estimate of drug-likeness (QED) is 0.570. The summed E-state index contributed by atoms with van der Waals surface area (Å²) in [5.74, 6) is -0.745. The van der Waals surface area contributed by atoms with E-state index >= 15 is 0 Å². The molecule has 1 aliphatic carbocycles. The normalized spacial score (nSPS) is 15.1. The average Bonchev–Trinajstić information content (AvgIpc) is 2.30. The molecule has 106 valence electrons. The Morgan fingerprint density at radius 3 is 1.61 bits per heavy atom. The van der Waals surface area contributed by atoms with E-state index in [4.69, 9.17) is 5.11 Å². The molecule has 1 N–H and O–H groups in total. The van der Waals surface area contributed by atoms with Crippen LogP contribution in [0.25, 0.3) is 0 Å². The Hall–Kier alpha value is 0.244. The molecular weight excluding hydrogens is 307 g/mol. The predicted octanol–water partition coefficient (Wildman–Crippen LogP) is 4.43. The van der Waals surface area contributed by atoms with E-state index < -0.39 is 5.97 Å². The third kappa shape index (κ3) is 8.36. The van der Waals surface area contributed by atoms with Gasteiger partial charge < -0.3 is 5.11 Å². The molecule has 0 aromatic carbocycles. The van der Waals surface area contributed by atoms with Gasteiger partial charge in [0, 0.05) is 28.1 Å². The molecule has 0 fully saturated rings. The van der Waals surface area contributed by atoms with Crippen LogP contribution >= 0.6 is 24.8 Å². The van der Waals surface area contributed by atoms with Crippen LogP contribution in [0.3, 0.4) is 0 Å². The SMILES string of the molecule is CC1=[C-]C(C)(C)C(C)=C1C.CCC(=O)O.Cl.Cl.[Ti]. The zero-order chi connectivity index (χ0) is 12.2. The van der Waals surface area contributed by atoms with Gasteiger partial charge in [-0.25, -0.2) is 5.57 Å². The molecule has 0 aromatic heterocycles. The summed E-state index contributed by atoms with van der Waals surface area (Å²) < 4.78 is 0. The number of halogens is 2. The first-order valence-corrected chi connectivity index (χ1v) is 5.24. The maximum Gasteiger partial charge on any atom is 0.303 e. The number of carboxylic acids is 1. The first kappa shape index (κ1) is 26.7. The smallest absolute Gasteiger partial charge is 0.303 e. The van der Waals surface area contributed by atoms with E-state index in [0.29, 0.717) is 0 Å². The van der Waals surface area contributed by atoms with Gasteiger partial charge in [0.25, 0.3) is 0 Å². The zero-order valence-corrected chi connectivity index (χ0v) is 15.1. The van der Waals surface area contributed by atoms with Crippen molar-refractivity contribution in [1.82, 2.24) is 0 Å². The van der Waals surface area contributed by atoms with Crippen molar-refractivity contribution >= 4 is 30.8 Å². The molecule has 0 saturated carbocycles. The molecule has 0 saturated heterocycles. The van der Waals surface area contributed by atoms with Crippen molar-refractivity contribution in [3.63, 3.8) is 0 Å². The van der Waals surface area contributed by atoms with Gasteiger partial charge in [-0.3, -0.25) is 10.9 Å². The second-order valence-electron chi connectivity index (χ2n) is 4.37. The first-order valence-electron chi connectivity index (χ1n) is 5.24. The molecule has 0 spiro atoms. The van der Waals surface area contributed by atoms with E-state index in [2.05, 4.69) is 40.7 Å². The van der Waals surface area contributed by atoms with Gasteiger partial charge >= 0.3 is 5.97 Å². The topological polar surface area (TPSA) is 37.3 Å². The molecule has 18 heavy (non-hydrogen) atoms. The molecule has 0 heterocycles. The van der Waals surface area contributed by atoms with E-state index in [9.17, 15) is 4.79 Å². The molecule has 0 aliphatic heterocycles. The molecule has 0 atom stereocenters. The Kier molecular flexibility index (Phi) is 16.5. The number of allylic oxidation sites excluding steroid dienone is 4. The summed E-state index contributed by atoms with van der Waals surface area (Å²) >= 11 is 0. The largest absolute Gasteiger partial charge is 0.481 e. The van der Waals surface area contributed by atoms with E-state index in [-0.39, 0.29) is 58.4 Å². The van der Waals surface area contributed by atoms with Crippen molar-refractivity contribution in [2.45, 2.75) is 48.0 Å². The standard InChI is InChI=1S/C10H15.C3H6O2.2ClH.Ti/c1-7-6-10(4,5)9(3)8(7)2;1-2-3(4)5;;;/h1-5H3;2H2,1H3,(H,4,5);2*1H;/q-1;;;;. The molecular formula is C13H23Cl2O2Ti-. The predicted molar refractivity (Wildman–Crippen MR) is 77.0 cm³/mol. The number of aliphatic carboxylic acids is 1. The van der Waals surface area contributed by atoms with Crippen molar-refractivity contribution < 1.29 is 31.6 Å². The maximum absolute atomic E-state index is 9.37. The molecule has 0 radical (unpaired) electrons. The fourth-order valence-electron chi connectivity index (χ4n) is 1.41. The molecule has 0 aromatic rings. The number of rotatable bonds is 1. The van der Waals surface area contributed by atoms with Crippen molar-refractivity contribution in [3.05, 3.63) is 22.8 Å². The van der Waals surface area contributed by atoms with Gasteiger partial charge in [0.1, 0.15) is 0 Å². The Morgan fingerprint density at radius 2 is 1.56 bits per heavy atom. The van der Waals surface area contributed by atoms with Crippen LogP contribution in [0.5, 0.6) is 0 Å². The van der Waals surface area contributed by atoms with Gasteiger partial charge in [0.2, 0.25) is 0 Å². The number of carboxylic acid groups (broad SMARTS) is 1. The van der Waals surface area contributed by atoms with E-state index in [1.165, 1.54) is 16.7 Å². The molecule has 0 bridgehead atoms. The monoisotopic (exact) mass is 329 g/mol. The summed E-state index contributed by atoms with van der Waals surface area (Å²) in [5.41, 5.74) is 4.39. The van der Waals surface area contributed by atoms with Crippen LogP contribution < -0.4 is 0 Å². The minimum atomic E-state index is -0.745. The first-order chi connectivity index (χ1) is 6.72. The summed E-state index contributed by atoms with van der Waals surface area (Å²) in [6, 6.07) is 0. The summed E-state index contributed by atoms with van der Waals surface area (Å²) in [5, 5.41) is 7.72. The van der Waals surface area contributed by atoms with E-state index in [1.54, 1.807) is 6.92 Å². The van der Waals surface area contributed by atoms with Crippen LogP contribution in [-0.4, -0.2) is 11.1 Å². The number of carbonyl (C=O) groups is 1. The van der Waals surface area contributed by atoms with Gasteiger partial charge in [-0.2, -0.15) is 11.1 Å². The van der Waals surface area contributed by atoms with Crippen LogP contribution in [-0.2, 0) is 26.5 Å². The Bertz CT molecular complexity index is 321. The van der Waals surface area contributed by atoms with Gasteiger partial charge in [-0.1, -0.05) is 40.0 Å². The van der Waals surface area contributed by atoms with Crippen LogP contribution in [0.4, 0.5) is 0 Å². The molecule has 0 unspecified atom stereocenters. The summed E-state index contributed by atoms with van der Waals surface area (Å²) in [7, 11) is 0. The summed E-state index contributed by atoms with van der Waals surface area (Å²) in [4.78, 5) is 9.37. The maximum atomic E-state index is 9.37. The van der Waals surface area contributed by atoms with E-state index in [1.807, 2.05) is 0 Å². The molecule has 1 rings (SSSR count). The summed E-state index contributed by atoms with van der Waals surface area (Å²) in [6.07, 6.45) is 3.66. The third-order valence-corrected chi connectivity index (χ3v) is 2.86. The molecule has 2 nitrogen and oxygen atoms in total. The van der Waals surface area contributed by atoms with Crippen LogP contribution in [0.2, 0.25) is 0 Å². The Labute approximate surface area is 138 Å².